The smallest absolute Gasteiger partial charge is 0.244 e. The van der Waals surface area contributed by atoms with Crippen molar-refractivity contribution < 1.29 is 22.7 Å². The van der Waals surface area contributed by atoms with E-state index in [2.05, 4.69) is 11.2 Å². The van der Waals surface area contributed by atoms with Crippen LogP contribution in [-0.4, -0.2) is 50.5 Å². The average molecular weight is 404 g/mol. The van der Waals surface area contributed by atoms with Gasteiger partial charge in [0, 0.05) is 12.1 Å². The number of hydrogen-bond donors (Lipinski definition) is 1. The Bertz CT molecular complexity index is 908. The minimum Gasteiger partial charge on any atom is -0.486 e. The fourth-order valence-corrected chi connectivity index (χ4v) is 6.44. The summed E-state index contributed by atoms with van der Waals surface area (Å²) >= 11 is 0. The molecule has 2 fully saturated rings. The zero-order chi connectivity index (χ0) is 19.7. The van der Waals surface area contributed by atoms with E-state index in [9.17, 15) is 13.2 Å². The van der Waals surface area contributed by atoms with Gasteiger partial charge in [-0.2, -0.15) is 4.31 Å². The first-order valence-corrected chi connectivity index (χ1v) is 11.1. The molecule has 7 nitrogen and oxygen atoms in total. The van der Waals surface area contributed by atoms with Crippen LogP contribution >= 0.6 is 0 Å². The van der Waals surface area contributed by atoms with E-state index in [0.717, 1.165) is 25.7 Å². The molecule has 150 valence electrons. The Hall–Kier alpha value is -2.24. The van der Waals surface area contributed by atoms with Crippen LogP contribution in [0.15, 0.2) is 23.1 Å². The van der Waals surface area contributed by atoms with E-state index in [1.807, 2.05) is 0 Å². The maximum absolute atomic E-state index is 13.6. The van der Waals surface area contributed by atoms with Crippen molar-refractivity contribution in [1.29, 1.82) is 0 Å². The van der Waals surface area contributed by atoms with E-state index in [1.54, 1.807) is 6.07 Å². The SMILES string of the molecule is C#CCNC(=O)[C@@H]1C[C@H]2CCCC[C@@H]2N1S(=O)(=O)c1ccc2c(c1)OCCO2. The zero-order valence-corrected chi connectivity index (χ0v) is 16.4. The largest absolute Gasteiger partial charge is 0.486 e. The van der Waals surface area contributed by atoms with Gasteiger partial charge in [0.25, 0.3) is 0 Å². The van der Waals surface area contributed by atoms with Gasteiger partial charge in [-0.15, -0.1) is 6.42 Å². The number of rotatable bonds is 4. The second kappa shape index (κ2) is 7.64. The van der Waals surface area contributed by atoms with Crippen LogP contribution < -0.4 is 14.8 Å². The molecule has 1 N–H and O–H groups in total. The van der Waals surface area contributed by atoms with Crippen molar-refractivity contribution in [2.45, 2.75) is 49.1 Å². The maximum Gasteiger partial charge on any atom is 0.244 e. The van der Waals surface area contributed by atoms with E-state index in [-0.39, 0.29) is 29.3 Å². The lowest BCUT2D eigenvalue weighted by molar-refractivity contribution is -0.124. The van der Waals surface area contributed by atoms with Gasteiger partial charge in [-0.1, -0.05) is 18.8 Å². The molecular weight excluding hydrogens is 380 g/mol. The van der Waals surface area contributed by atoms with E-state index in [4.69, 9.17) is 15.9 Å². The summed E-state index contributed by atoms with van der Waals surface area (Å²) in [5.74, 6) is 3.19. The highest BCUT2D eigenvalue weighted by atomic mass is 32.2. The van der Waals surface area contributed by atoms with Gasteiger partial charge in [-0.05, 0) is 37.3 Å². The summed E-state index contributed by atoms with van der Waals surface area (Å²) in [7, 11) is -3.88. The lowest BCUT2D eigenvalue weighted by Crippen LogP contribution is -2.49. The third-order valence-electron chi connectivity index (χ3n) is 5.79. The Morgan fingerprint density at radius 2 is 1.96 bits per heavy atom. The highest BCUT2D eigenvalue weighted by Gasteiger charge is 2.51. The van der Waals surface area contributed by atoms with E-state index in [1.165, 1.54) is 16.4 Å². The Morgan fingerprint density at radius 1 is 1.21 bits per heavy atom. The van der Waals surface area contributed by atoms with E-state index >= 15 is 0 Å². The van der Waals surface area contributed by atoms with Crippen LogP contribution in [-0.2, 0) is 14.8 Å². The highest BCUT2D eigenvalue weighted by molar-refractivity contribution is 7.89. The lowest BCUT2D eigenvalue weighted by Gasteiger charge is -2.32. The first-order chi connectivity index (χ1) is 13.5. The molecule has 0 bridgehead atoms. The van der Waals surface area contributed by atoms with Crippen molar-refractivity contribution in [3.63, 3.8) is 0 Å². The van der Waals surface area contributed by atoms with Gasteiger partial charge in [-0.25, -0.2) is 8.42 Å². The topological polar surface area (TPSA) is 84.9 Å². The number of hydrogen-bond acceptors (Lipinski definition) is 5. The van der Waals surface area contributed by atoms with Crippen LogP contribution in [0.25, 0.3) is 0 Å². The zero-order valence-electron chi connectivity index (χ0n) is 15.6. The maximum atomic E-state index is 13.6. The standard InChI is InChI=1S/C20H24N2O5S/c1-2-9-21-20(23)17-12-14-5-3-4-6-16(14)22(17)28(24,25)15-7-8-18-19(13-15)27-11-10-26-18/h1,7-8,13-14,16-17H,3-6,9-12H2,(H,21,23)/t14-,16+,17+/m1/s1. The Morgan fingerprint density at radius 3 is 2.75 bits per heavy atom. The molecule has 4 rings (SSSR count). The minimum atomic E-state index is -3.88. The normalized spacial score (nSPS) is 26.9. The molecule has 8 heteroatoms. The predicted octanol–water partition coefficient (Wildman–Crippen LogP) is 1.53. The van der Waals surface area contributed by atoms with Crippen molar-refractivity contribution in [3.8, 4) is 23.8 Å². The molecule has 0 aromatic heterocycles. The number of amides is 1. The number of terminal acetylenes is 1. The number of carbonyl (C=O) groups excluding carboxylic acids is 1. The number of fused-ring (bicyclic) bond motifs is 2. The van der Waals surface area contributed by atoms with Gasteiger partial charge in [0.15, 0.2) is 11.5 Å². The van der Waals surface area contributed by atoms with Gasteiger partial charge >= 0.3 is 0 Å². The van der Waals surface area contributed by atoms with Crippen molar-refractivity contribution >= 4 is 15.9 Å². The molecule has 2 aliphatic heterocycles. The molecule has 0 spiro atoms. The second-order valence-corrected chi connectivity index (χ2v) is 9.27. The molecule has 1 saturated carbocycles. The third-order valence-corrected chi connectivity index (χ3v) is 7.72. The number of sulfonamides is 1. The molecule has 3 atom stereocenters. The number of nitrogens with one attached hydrogen (secondary N) is 1. The van der Waals surface area contributed by atoms with Gasteiger partial charge < -0.3 is 14.8 Å². The molecule has 1 aliphatic carbocycles. The molecule has 1 aromatic carbocycles. The van der Waals surface area contributed by atoms with Crippen LogP contribution in [0.3, 0.4) is 0 Å². The van der Waals surface area contributed by atoms with E-state index in [0.29, 0.717) is 31.1 Å². The van der Waals surface area contributed by atoms with Crippen molar-refractivity contribution in [2.24, 2.45) is 5.92 Å². The summed E-state index contributed by atoms with van der Waals surface area (Å²) in [5.41, 5.74) is 0. The van der Waals surface area contributed by atoms with Crippen LogP contribution in [0.5, 0.6) is 11.5 Å². The Labute approximate surface area is 165 Å². The second-order valence-electron chi connectivity index (χ2n) is 7.43. The molecule has 28 heavy (non-hydrogen) atoms. The van der Waals surface area contributed by atoms with Crippen LogP contribution in [0.2, 0.25) is 0 Å². The van der Waals surface area contributed by atoms with Crippen LogP contribution in [0.4, 0.5) is 0 Å². The summed E-state index contributed by atoms with van der Waals surface area (Å²) in [6.07, 6.45) is 9.52. The van der Waals surface area contributed by atoms with Gasteiger partial charge in [0.1, 0.15) is 19.3 Å². The number of carbonyl (C=O) groups is 1. The molecule has 3 aliphatic rings. The highest BCUT2D eigenvalue weighted by Crippen LogP contribution is 2.43. The monoisotopic (exact) mass is 404 g/mol. The van der Waals surface area contributed by atoms with Gasteiger partial charge in [-0.3, -0.25) is 4.79 Å². The van der Waals surface area contributed by atoms with Crippen LogP contribution in [0.1, 0.15) is 32.1 Å². The predicted molar refractivity (Wildman–Crippen MR) is 102 cm³/mol. The molecular formula is C20H24N2O5S. The van der Waals surface area contributed by atoms with Gasteiger partial charge in [0.2, 0.25) is 15.9 Å². The Kier molecular flexibility index (Phi) is 5.21. The third kappa shape index (κ3) is 3.33. The molecule has 0 radical (unpaired) electrons. The summed E-state index contributed by atoms with van der Waals surface area (Å²) in [6, 6.07) is 3.74. The molecule has 2 heterocycles. The first kappa shape index (κ1) is 19.1. The van der Waals surface area contributed by atoms with E-state index < -0.39 is 16.1 Å². The molecule has 1 saturated heterocycles. The molecule has 0 unspecified atom stereocenters. The number of benzene rings is 1. The summed E-state index contributed by atoms with van der Waals surface area (Å²) in [5, 5.41) is 2.66. The van der Waals surface area contributed by atoms with Crippen molar-refractivity contribution in [2.75, 3.05) is 19.8 Å². The summed E-state index contributed by atoms with van der Waals surface area (Å²) in [4.78, 5) is 12.8. The van der Waals surface area contributed by atoms with Crippen LogP contribution in [0, 0.1) is 18.3 Å². The van der Waals surface area contributed by atoms with Crippen molar-refractivity contribution in [1.82, 2.24) is 9.62 Å². The average Bonchev–Trinajstić information content (AvgIpc) is 3.12. The number of ether oxygens (including phenoxy) is 2. The number of nitrogens with zero attached hydrogens (tertiary/aromatic N) is 1. The first-order valence-electron chi connectivity index (χ1n) is 9.66. The lowest BCUT2D eigenvalue weighted by atomic mass is 9.85. The molecule has 1 amide bonds. The quantitative estimate of drug-likeness (QED) is 0.770. The fourth-order valence-electron chi connectivity index (χ4n) is 4.55. The summed E-state index contributed by atoms with van der Waals surface area (Å²) in [6.45, 7) is 0.900. The minimum absolute atomic E-state index is 0.0859. The van der Waals surface area contributed by atoms with Crippen molar-refractivity contribution in [3.05, 3.63) is 18.2 Å². The fraction of sp³-hybridized carbons (Fsp3) is 0.550. The Balaban J connectivity index is 1.70. The molecule has 1 aromatic rings. The van der Waals surface area contributed by atoms with Gasteiger partial charge in [0.05, 0.1) is 11.4 Å². The summed E-state index contributed by atoms with van der Waals surface area (Å²) < 4.78 is 39.6.